The van der Waals surface area contributed by atoms with Gasteiger partial charge >= 0.3 is 0 Å². The zero-order valence-electron chi connectivity index (χ0n) is 27.1. The number of phenolic OH excluding ortho intramolecular Hbond substituents is 1. The molecule has 0 atom stereocenters. The van der Waals surface area contributed by atoms with Crippen LogP contribution in [-0.4, -0.2) is 62.7 Å². The van der Waals surface area contributed by atoms with Gasteiger partial charge in [0.2, 0.25) is 0 Å². The van der Waals surface area contributed by atoms with Crippen LogP contribution in [0.5, 0.6) is 5.75 Å². The molecule has 274 valence electrons. The highest BCUT2D eigenvalue weighted by Gasteiger charge is 2.28. The number of aryl methyl sites for hydroxylation is 1. The molecular weight excluding hydrogens is 743 g/mol. The number of nitrogens with zero attached hydrogens (tertiary/aromatic N) is 4. The Hall–Kier alpha value is -4.60. The summed E-state index contributed by atoms with van der Waals surface area (Å²) in [5.74, 6) is -2.32. The molecule has 22 heteroatoms. The molecule has 7 N–H and O–H groups in total. The fourth-order valence-corrected chi connectivity index (χ4v) is 5.99. The molecule has 3 aromatic rings. The smallest absolute Gasteiger partial charge is 0.296 e. The van der Waals surface area contributed by atoms with Gasteiger partial charge in [0.05, 0.1) is 16.8 Å². The number of anilines is 1. The lowest BCUT2D eigenvalue weighted by molar-refractivity contribution is 0.471. The Morgan fingerprint density at radius 2 is 1.24 bits per heavy atom. The fraction of sp³-hybridized carbons (Fsp3) is 0.214. The van der Waals surface area contributed by atoms with E-state index >= 15 is 0 Å². The summed E-state index contributed by atoms with van der Waals surface area (Å²) in [5, 5.41) is 23.7. The van der Waals surface area contributed by atoms with E-state index in [0.29, 0.717) is 17.7 Å². The summed E-state index contributed by atoms with van der Waals surface area (Å²) in [7, 11) is -20.0. The van der Waals surface area contributed by atoms with Gasteiger partial charge in [0.1, 0.15) is 37.5 Å². The van der Waals surface area contributed by atoms with Crippen LogP contribution in [0.2, 0.25) is 0 Å². The number of terminal acetylenes is 1. The van der Waals surface area contributed by atoms with Crippen LogP contribution in [-0.2, 0) is 40.5 Å². The lowest BCUT2D eigenvalue weighted by Gasteiger charge is -2.14. The van der Waals surface area contributed by atoms with Crippen LogP contribution in [0.3, 0.4) is 0 Å². The highest BCUT2D eigenvalue weighted by atomic mass is 32.2. The first-order valence-corrected chi connectivity index (χ1v) is 19.4. The predicted octanol–water partition coefficient (Wildman–Crippen LogP) is 5.93. The number of phenols is 1. The number of azo groups is 2. The average molecular weight is 778 g/mol. The van der Waals surface area contributed by atoms with Crippen molar-refractivity contribution in [3.05, 3.63) is 60.3 Å². The monoisotopic (exact) mass is 777 g/mol. The second-order valence-electron chi connectivity index (χ2n) is 9.06. The maximum atomic E-state index is 12.2. The van der Waals surface area contributed by atoms with E-state index in [4.69, 9.17) is 10.3 Å². The number of rotatable bonds is 9. The first-order valence-electron chi connectivity index (χ1n) is 13.4. The molecular formula is C28H35N5O13S4. The van der Waals surface area contributed by atoms with E-state index in [1.165, 1.54) is 13.0 Å². The zero-order valence-corrected chi connectivity index (χ0v) is 30.4. The lowest BCUT2D eigenvalue weighted by atomic mass is 10.1. The normalized spacial score (nSPS) is 12.1. The Kier molecular flexibility index (Phi) is 16.7. The summed E-state index contributed by atoms with van der Waals surface area (Å²) in [6.45, 7) is 12.7. The van der Waals surface area contributed by atoms with E-state index in [1.807, 2.05) is 39.8 Å². The number of benzene rings is 3. The Balaban J connectivity index is 0.00000275. The van der Waals surface area contributed by atoms with Crippen molar-refractivity contribution in [2.75, 3.05) is 11.5 Å². The van der Waals surface area contributed by atoms with Crippen LogP contribution in [0, 0.1) is 19.8 Å². The van der Waals surface area contributed by atoms with Gasteiger partial charge < -0.3 is 10.8 Å². The molecule has 0 spiro atoms. The van der Waals surface area contributed by atoms with Crippen LogP contribution in [0.25, 0.3) is 10.8 Å². The number of fused-ring (bicyclic) bond motifs is 1. The van der Waals surface area contributed by atoms with Crippen LogP contribution >= 0.6 is 0 Å². The quantitative estimate of drug-likeness (QED) is 0.0482. The molecule has 0 saturated carbocycles. The van der Waals surface area contributed by atoms with E-state index in [0.717, 1.165) is 12.1 Å². The average Bonchev–Trinajstić information content (AvgIpc) is 3.00. The van der Waals surface area contributed by atoms with Gasteiger partial charge in [-0.15, -0.1) is 28.2 Å². The van der Waals surface area contributed by atoms with E-state index in [9.17, 15) is 52.4 Å². The minimum atomic E-state index is -5.26. The number of hydrogen-bond donors (Lipinski definition) is 6. The molecule has 0 aliphatic carbocycles. The molecule has 0 bridgehead atoms. The Morgan fingerprint density at radius 1 is 0.780 bits per heavy atom. The summed E-state index contributed by atoms with van der Waals surface area (Å²) in [5.41, 5.74) is 2.54. The molecule has 0 fully saturated rings. The van der Waals surface area contributed by atoms with Gasteiger partial charge in [-0.05, 0) is 56.0 Å². The molecule has 3 rings (SSSR count). The Morgan fingerprint density at radius 3 is 1.66 bits per heavy atom. The van der Waals surface area contributed by atoms with Crippen molar-refractivity contribution < 1.29 is 57.0 Å². The fourth-order valence-electron chi connectivity index (χ4n) is 3.48. The molecule has 3 aromatic carbocycles. The van der Waals surface area contributed by atoms with Gasteiger partial charge in [0.25, 0.3) is 40.5 Å². The van der Waals surface area contributed by atoms with Crippen molar-refractivity contribution in [1.82, 2.24) is 0 Å². The van der Waals surface area contributed by atoms with Crippen molar-refractivity contribution in [2.24, 2.45) is 20.5 Å². The minimum Gasteiger partial charge on any atom is -0.505 e. The molecule has 0 heterocycles. The first kappa shape index (κ1) is 45.4. The summed E-state index contributed by atoms with van der Waals surface area (Å²) >= 11 is 0. The second kappa shape index (κ2) is 18.4. The van der Waals surface area contributed by atoms with Gasteiger partial charge in [-0.3, -0.25) is 18.2 Å². The zero-order chi connectivity index (χ0) is 39.4. The number of nitrogen functional groups attached to an aromatic ring is 1. The van der Waals surface area contributed by atoms with Crippen LogP contribution < -0.4 is 5.73 Å². The SMILES string of the molecule is C#C.C/C=C/C.C=C(CS(=O)(=O)O)N=Nc1c(S(=O)(=O)O)cc2cc(S(=O)(=O)O)c(N=Nc3ccc(C)cc3S(=O)(=O)O)c(N)c2c1O.CC. The minimum absolute atomic E-state index is 0.381. The van der Waals surface area contributed by atoms with E-state index in [1.54, 1.807) is 0 Å². The number of allylic oxidation sites excluding steroid dienone is 2. The van der Waals surface area contributed by atoms with Crippen molar-refractivity contribution in [3.8, 4) is 18.6 Å². The summed E-state index contributed by atoms with van der Waals surface area (Å²) in [6, 6.07) is 4.65. The summed E-state index contributed by atoms with van der Waals surface area (Å²) < 4.78 is 132. The summed E-state index contributed by atoms with van der Waals surface area (Å²) in [6.07, 6.45) is 12.0. The molecule has 0 unspecified atom stereocenters. The lowest BCUT2D eigenvalue weighted by Crippen LogP contribution is -2.05. The van der Waals surface area contributed by atoms with Crippen LogP contribution in [0.1, 0.15) is 33.3 Å². The number of nitrogens with two attached hydrogens (primary N) is 1. The Bertz CT molecular complexity index is 2290. The van der Waals surface area contributed by atoms with E-state index in [-0.39, 0.29) is 0 Å². The first-order chi connectivity index (χ1) is 22.9. The number of hydrogen-bond acceptors (Lipinski definition) is 14. The third-order valence-corrected chi connectivity index (χ3v) is 8.81. The molecule has 50 heavy (non-hydrogen) atoms. The largest absolute Gasteiger partial charge is 0.505 e. The third kappa shape index (κ3) is 12.7. The van der Waals surface area contributed by atoms with Gasteiger partial charge in [-0.25, -0.2) is 0 Å². The van der Waals surface area contributed by atoms with Gasteiger partial charge in [-0.2, -0.15) is 38.8 Å². The van der Waals surface area contributed by atoms with Crippen molar-refractivity contribution in [3.63, 3.8) is 0 Å². The highest BCUT2D eigenvalue weighted by Crippen LogP contribution is 2.48. The van der Waals surface area contributed by atoms with Gasteiger partial charge in [0, 0.05) is 0 Å². The second-order valence-corrected chi connectivity index (χ2v) is 14.7. The van der Waals surface area contributed by atoms with Crippen LogP contribution in [0.15, 0.2) is 89.9 Å². The molecule has 0 radical (unpaired) electrons. The van der Waals surface area contributed by atoms with Crippen molar-refractivity contribution in [1.29, 1.82) is 0 Å². The van der Waals surface area contributed by atoms with Gasteiger partial charge in [0.15, 0.2) is 5.75 Å². The molecule has 0 aliphatic rings. The third-order valence-electron chi connectivity index (χ3n) is 5.49. The topological polar surface area (TPSA) is 313 Å². The Labute approximate surface area is 290 Å². The predicted molar refractivity (Wildman–Crippen MR) is 187 cm³/mol. The maximum absolute atomic E-state index is 12.2. The molecule has 0 aliphatic heterocycles. The summed E-state index contributed by atoms with van der Waals surface area (Å²) in [4.78, 5) is -3.01. The molecule has 18 nitrogen and oxygen atoms in total. The van der Waals surface area contributed by atoms with Crippen molar-refractivity contribution >= 4 is 74.0 Å². The van der Waals surface area contributed by atoms with E-state index < -0.39 is 106 Å². The van der Waals surface area contributed by atoms with Crippen LogP contribution in [0.4, 0.5) is 22.7 Å². The maximum Gasteiger partial charge on any atom is 0.296 e. The number of aromatic hydroxyl groups is 1. The van der Waals surface area contributed by atoms with Crippen molar-refractivity contribution in [2.45, 2.75) is 49.3 Å². The molecule has 0 saturated heterocycles. The van der Waals surface area contributed by atoms with E-state index in [2.05, 4.69) is 39.9 Å². The molecule has 0 amide bonds. The molecule has 0 aromatic heterocycles. The van der Waals surface area contributed by atoms with Gasteiger partial charge in [-0.1, -0.05) is 38.6 Å². The standard InChI is InChI=1S/C20H19N5O13S4.C4H8.C2H6.C2H2/c1-9-3-4-12(13(5-9)40(30,31)32)23-24-18-14(41(33,34)35)6-11-7-15(42(36,37)38)19(20(26)16(11)17(18)21)25-22-10(2)8-39(27,28)29;1-3-4-2;2*1-2/h3-7,26H,2,8,21H2,1H3,(H,27,28,29)(H,30,31,32)(H,33,34,35)(H,36,37,38);3-4H,1-2H3;1-2H3;1-2H/b;4-3+;;. The highest BCUT2D eigenvalue weighted by molar-refractivity contribution is 7.86.